The summed E-state index contributed by atoms with van der Waals surface area (Å²) < 4.78 is 0. The van der Waals surface area contributed by atoms with Crippen molar-refractivity contribution in [2.45, 2.75) is 115 Å². The van der Waals surface area contributed by atoms with Crippen LogP contribution >= 0.6 is 0 Å². The maximum atomic E-state index is 2.71. The second-order valence-electron chi connectivity index (χ2n) is 25.4. The van der Waals surface area contributed by atoms with Gasteiger partial charge in [0, 0.05) is 33.6 Å². The third-order valence-corrected chi connectivity index (χ3v) is 21.6. The number of hydrogen-bond acceptors (Lipinski definition) is 2. The normalized spacial score (nSPS) is 24.1. The van der Waals surface area contributed by atoms with Gasteiger partial charge in [-0.25, -0.2) is 0 Å². The molecule has 15 rings (SSSR count). The van der Waals surface area contributed by atoms with Crippen molar-refractivity contribution >= 4 is 65.8 Å². The van der Waals surface area contributed by atoms with E-state index in [4.69, 9.17) is 0 Å². The summed E-state index contributed by atoms with van der Waals surface area (Å²) in [6.07, 6.45) is 9.72. The molecule has 2 fully saturated rings. The van der Waals surface area contributed by atoms with Crippen molar-refractivity contribution in [3.8, 4) is 44.5 Å². The third kappa shape index (κ3) is 7.03. The van der Waals surface area contributed by atoms with E-state index >= 15 is 0 Å². The van der Waals surface area contributed by atoms with Crippen molar-refractivity contribution in [3.63, 3.8) is 0 Å². The fourth-order valence-corrected chi connectivity index (χ4v) is 16.8. The fourth-order valence-electron chi connectivity index (χ4n) is 16.8. The van der Waals surface area contributed by atoms with E-state index in [9.17, 15) is 0 Å². The van der Waals surface area contributed by atoms with Gasteiger partial charge in [0.05, 0.1) is 11.1 Å². The molecule has 11 aromatic carbocycles. The Balaban J connectivity index is 0.983. The minimum Gasteiger partial charge on any atom is -0.334 e. The molecule has 6 unspecified atom stereocenters. The first-order chi connectivity index (χ1) is 39.0. The molecule has 0 N–H and O–H groups in total. The predicted octanol–water partition coefficient (Wildman–Crippen LogP) is 21.7. The molecule has 80 heavy (non-hydrogen) atoms. The SMILES string of the molecule is CCC1CCC2(C)N(c3ccccc3)c3ccc(-c4ccc5c(-c6cccc7ccccc67)c6cc(-c7ccc8c(c7)C7(C)CC(CC)CCC7(C)N8c7ccccc7)ccc6c(-c6cccc7ccccc67)c5c4)cc3C2(C)C1. The fraction of sp³-hybridized carbons (Fsp3) is 0.256. The van der Waals surface area contributed by atoms with E-state index < -0.39 is 0 Å². The molecule has 394 valence electrons. The van der Waals surface area contributed by atoms with Crippen molar-refractivity contribution in [1.82, 2.24) is 0 Å². The van der Waals surface area contributed by atoms with Crippen LogP contribution in [-0.2, 0) is 10.8 Å². The Morgan fingerprint density at radius 2 is 0.738 bits per heavy atom. The summed E-state index contributed by atoms with van der Waals surface area (Å²) in [5, 5.41) is 10.2. The molecule has 2 nitrogen and oxygen atoms in total. The van der Waals surface area contributed by atoms with E-state index in [-0.39, 0.29) is 21.9 Å². The smallest absolute Gasteiger partial charge is 0.0518 e. The maximum Gasteiger partial charge on any atom is 0.0518 e. The number of hydrogen-bond donors (Lipinski definition) is 0. The van der Waals surface area contributed by atoms with Gasteiger partial charge < -0.3 is 9.80 Å². The number of anilines is 4. The van der Waals surface area contributed by atoms with E-state index in [2.05, 4.69) is 270 Å². The van der Waals surface area contributed by atoms with Crippen molar-refractivity contribution in [3.05, 3.63) is 230 Å². The number of fused-ring (bicyclic) bond motifs is 10. The van der Waals surface area contributed by atoms with Gasteiger partial charge in [0.2, 0.25) is 0 Å². The van der Waals surface area contributed by atoms with Crippen LogP contribution in [0, 0.1) is 11.8 Å². The molecule has 2 heteroatoms. The van der Waals surface area contributed by atoms with Gasteiger partial charge in [-0.2, -0.15) is 0 Å². The van der Waals surface area contributed by atoms with Crippen LogP contribution in [0.1, 0.15) is 104 Å². The zero-order chi connectivity index (χ0) is 54.1. The lowest BCUT2D eigenvalue weighted by Crippen LogP contribution is -2.56. The summed E-state index contributed by atoms with van der Waals surface area (Å²) >= 11 is 0. The Bertz CT molecular complexity index is 3980. The van der Waals surface area contributed by atoms with Crippen LogP contribution in [0.15, 0.2) is 218 Å². The second kappa shape index (κ2) is 18.3. The van der Waals surface area contributed by atoms with Crippen LogP contribution in [0.4, 0.5) is 22.7 Å². The summed E-state index contributed by atoms with van der Waals surface area (Å²) in [7, 11) is 0. The molecule has 0 spiro atoms. The molecular formula is C78H72N2. The average molecular weight is 1040 g/mol. The van der Waals surface area contributed by atoms with Crippen molar-refractivity contribution in [2.75, 3.05) is 9.80 Å². The number of nitrogens with zero attached hydrogens (tertiary/aromatic N) is 2. The second-order valence-corrected chi connectivity index (χ2v) is 25.4. The monoisotopic (exact) mass is 1040 g/mol. The number of benzene rings is 11. The molecule has 6 atom stereocenters. The summed E-state index contributed by atoms with van der Waals surface area (Å²) in [5.74, 6) is 1.42. The van der Waals surface area contributed by atoms with Gasteiger partial charge in [-0.15, -0.1) is 0 Å². The van der Waals surface area contributed by atoms with Crippen LogP contribution in [0.25, 0.3) is 87.6 Å². The van der Waals surface area contributed by atoms with Gasteiger partial charge in [0.1, 0.15) is 0 Å². The molecule has 2 aliphatic carbocycles. The third-order valence-electron chi connectivity index (χ3n) is 21.6. The molecule has 0 aromatic heterocycles. The highest BCUT2D eigenvalue weighted by molar-refractivity contribution is 6.26. The van der Waals surface area contributed by atoms with Crippen LogP contribution in [0.5, 0.6) is 0 Å². The topological polar surface area (TPSA) is 6.48 Å². The molecule has 0 amide bonds. The van der Waals surface area contributed by atoms with Crippen molar-refractivity contribution in [1.29, 1.82) is 0 Å². The number of para-hydroxylation sites is 2. The van der Waals surface area contributed by atoms with E-state index in [0.717, 1.165) is 0 Å². The van der Waals surface area contributed by atoms with Gasteiger partial charge in [-0.1, -0.05) is 198 Å². The Morgan fingerprint density at radius 1 is 0.362 bits per heavy atom. The maximum absolute atomic E-state index is 2.71. The first-order valence-electron chi connectivity index (χ1n) is 30.0. The Morgan fingerprint density at radius 3 is 1.16 bits per heavy atom. The highest BCUT2D eigenvalue weighted by Crippen LogP contribution is 2.64. The number of rotatable bonds is 8. The molecular weight excluding hydrogens is 965 g/mol. The van der Waals surface area contributed by atoms with Gasteiger partial charge in [0.15, 0.2) is 0 Å². The first-order valence-corrected chi connectivity index (χ1v) is 30.0. The lowest BCUT2D eigenvalue weighted by molar-refractivity contribution is 0.143. The molecule has 0 radical (unpaired) electrons. The molecule has 2 saturated carbocycles. The highest BCUT2D eigenvalue weighted by Gasteiger charge is 2.60. The predicted molar refractivity (Wildman–Crippen MR) is 342 cm³/mol. The van der Waals surface area contributed by atoms with E-state index in [0.29, 0.717) is 11.8 Å². The average Bonchev–Trinajstić information content (AvgIpc) is 4.07. The van der Waals surface area contributed by atoms with Gasteiger partial charge in [-0.3, -0.25) is 0 Å². The Labute approximate surface area is 473 Å². The minimum atomic E-state index is -0.0358. The van der Waals surface area contributed by atoms with Crippen molar-refractivity contribution in [2.24, 2.45) is 11.8 Å². The quantitative estimate of drug-likeness (QED) is 0.140. The molecule has 2 aliphatic heterocycles. The largest absolute Gasteiger partial charge is 0.334 e. The Kier molecular flexibility index (Phi) is 11.2. The summed E-state index contributed by atoms with van der Waals surface area (Å²) in [5.41, 5.74) is 18.4. The molecule has 2 heterocycles. The zero-order valence-corrected chi connectivity index (χ0v) is 47.5. The van der Waals surface area contributed by atoms with Gasteiger partial charge in [0.25, 0.3) is 0 Å². The first kappa shape index (κ1) is 49.1. The Hall–Kier alpha value is -7.94. The molecule has 0 saturated heterocycles. The summed E-state index contributed by atoms with van der Waals surface area (Å²) in [6.45, 7) is 15.1. The highest BCUT2D eigenvalue weighted by atomic mass is 15.3. The van der Waals surface area contributed by atoms with E-state index in [1.54, 1.807) is 0 Å². The van der Waals surface area contributed by atoms with Crippen LogP contribution in [0.2, 0.25) is 0 Å². The summed E-state index contributed by atoms with van der Waals surface area (Å²) in [6, 6.07) is 84.1. The minimum absolute atomic E-state index is 0.0145. The van der Waals surface area contributed by atoms with E-state index in [1.807, 2.05) is 0 Å². The molecule has 4 aliphatic rings. The molecule has 0 bridgehead atoms. The van der Waals surface area contributed by atoms with Crippen molar-refractivity contribution < 1.29 is 0 Å². The lowest BCUT2D eigenvalue weighted by Gasteiger charge is -2.52. The van der Waals surface area contributed by atoms with Crippen LogP contribution < -0.4 is 9.80 Å². The zero-order valence-electron chi connectivity index (χ0n) is 47.5. The lowest BCUT2D eigenvalue weighted by atomic mass is 9.58. The van der Waals surface area contributed by atoms with Gasteiger partial charge >= 0.3 is 0 Å². The van der Waals surface area contributed by atoms with Crippen LogP contribution in [-0.4, -0.2) is 11.1 Å². The van der Waals surface area contributed by atoms with Crippen LogP contribution in [0.3, 0.4) is 0 Å². The van der Waals surface area contributed by atoms with Gasteiger partial charge in [-0.05, 0) is 224 Å². The molecule has 11 aromatic rings. The van der Waals surface area contributed by atoms with E-state index in [1.165, 1.54) is 173 Å². The summed E-state index contributed by atoms with van der Waals surface area (Å²) in [4.78, 5) is 5.43. The standard InChI is InChI=1S/C78H72N2/c1-7-51-41-43-77(5)75(3,49-51)69-47-57(35-39-71(69)79(77)59-25-11-9-12-26-59)55-33-37-65-67(45-55)73(63-31-19-23-53-21-15-17-29-61(53)63)66-38-34-56(46-68(66)74(65)64-32-20-24-54-22-16-18-30-62(54)64)58-36-40-72-70(48-58)76(4)50-52(8-2)42-44-78(76,6)80(72)60-27-13-10-14-28-60/h9-40,45-48,51-52H,7-8,41-44,49-50H2,1-6H3.